The van der Waals surface area contributed by atoms with Gasteiger partial charge in [-0.05, 0) is 37.6 Å². The van der Waals surface area contributed by atoms with Crippen LogP contribution >= 0.6 is 0 Å². The number of aryl methyl sites for hydroxylation is 2. The molecule has 23 heavy (non-hydrogen) atoms. The average Bonchev–Trinajstić information content (AvgIpc) is 2.93. The van der Waals surface area contributed by atoms with Crippen molar-refractivity contribution in [1.29, 1.82) is 0 Å². The number of benzene rings is 2. The average molecular weight is 303 g/mol. The first-order valence-electron chi connectivity index (χ1n) is 7.40. The Labute approximate surface area is 135 Å². The van der Waals surface area contributed by atoms with Crippen LogP contribution in [0, 0.1) is 13.8 Å². The summed E-state index contributed by atoms with van der Waals surface area (Å²) in [6.07, 6.45) is 3.82. The topological polar surface area (TPSA) is 50.8 Å². The van der Waals surface area contributed by atoms with E-state index in [4.69, 9.17) is 4.52 Å². The second-order valence-corrected chi connectivity index (χ2v) is 5.26. The van der Waals surface area contributed by atoms with Gasteiger partial charge in [0.1, 0.15) is 5.69 Å². The molecule has 0 fully saturated rings. The van der Waals surface area contributed by atoms with Gasteiger partial charge in [-0.1, -0.05) is 59.3 Å². The maximum absolute atomic E-state index is 5.33. The molecule has 2 aromatic carbocycles. The lowest BCUT2D eigenvalue weighted by Gasteiger charge is -1.94. The molecule has 0 amide bonds. The molecule has 0 saturated carbocycles. The van der Waals surface area contributed by atoms with Gasteiger partial charge < -0.3 is 4.52 Å². The summed E-state index contributed by atoms with van der Waals surface area (Å²) >= 11 is 0. The Hall–Kier alpha value is -3.01. The number of aromatic nitrogens is 1. The second kappa shape index (κ2) is 6.83. The lowest BCUT2D eigenvalue weighted by atomic mass is 10.2. The van der Waals surface area contributed by atoms with E-state index in [-0.39, 0.29) is 0 Å². The molecule has 3 rings (SSSR count). The summed E-state index contributed by atoms with van der Waals surface area (Å²) < 4.78 is 5.33. The Balaban J connectivity index is 1.84. The Morgan fingerprint density at radius 2 is 1.61 bits per heavy atom. The van der Waals surface area contributed by atoms with Crippen LogP contribution in [0.25, 0.3) is 12.2 Å². The molecule has 1 aromatic heterocycles. The summed E-state index contributed by atoms with van der Waals surface area (Å²) in [4.78, 5) is 0. The molecule has 0 saturated heterocycles. The zero-order valence-corrected chi connectivity index (χ0v) is 13.1. The zero-order chi connectivity index (χ0) is 16.1. The Kier molecular flexibility index (Phi) is 4.43. The van der Waals surface area contributed by atoms with E-state index >= 15 is 0 Å². The minimum atomic E-state index is 0.599. The molecule has 4 nitrogen and oxygen atoms in total. The number of hydrogen-bond donors (Lipinski definition) is 0. The van der Waals surface area contributed by atoms with E-state index in [1.54, 1.807) is 0 Å². The van der Waals surface area contributed by atoms with Crippen LogP contribution in [0.3, 0.4) is 0 Å². The highest BCUT2D eigenvalue weighted by molar-refractivity contribution is 5.73. The van der Waals surface area contributed by atoms with Crippen molar-refractivity contribution in [2.75, 3.05) is 0 Å². The van der Waals surface area contributed by atoms with Gasteiger partial charge in [-0.3, -0.25) is 0 Å². The van der Waals surface area contributed by atoms with E-state index in [0.717, 1.165) is 11.3 Å². The Bertz CT molecular complexity index is 831. The highest BCUT2D eigenvalue weighted by Gasteiger charge is 2.09. The molecule has 0 aliphatic heterocycles. The molecule has 0 atom stereocenters. The summed E-state index contributed by atoms with van der Waals surface area (Å²) in [6.45, 7) is 3.89. The first kappa shape index (κ1) is 14.9. The maximum Gasteiger partial charge on any atom is 0.187 e. The van der Waals surface area contributed by atoms with E-state index in [2.05, 4.69) is 15.4 Å². The van der Waals surface area contributed by atoms with Crippen LogP contribution in [-0.4, -0.2) is 5.16 Å². The molecule has 3 aromatic rings. The quantitative estimate of drug-likeness (QED) is 0.565. The largest absolute Gasteiger partial charge is 0.354 e. The van der Waals surface area contributed by atoms with Crippen molar-refractivity contribution < 1.29 is 4.52 Å². The Morgan fingerprint density at radius 3 is 2.35 bits per heavy atom. The van der Waals surface area contributed by atoms with Gasteiger partial charge in [0.25, 0.3) is 0 Å². The molecular formula is C19H17N3O. The van der Waals surface area contributed by atoms with Gasteiger partial charge in [-0.25, -0.2) is 0 Å². The standard InChI is InChI=1S/C19H17N3O/c1-14-8-11-17(12-9-14)20-21-19-15(2)22-23-18(19)13-10-16-6-4-3-5-7-16/h3-13H,1-2H3. The van der Waals surface area contributed by atoms with Gasteiger partial charge in [0.05, 0.1) is 5.69 Å². The number of nitrogens with zero attached hydrogens (tertiary/aromatic N) is 3. The van der Waals surface area contributed by atoms with Gasteiger partial charge in [-0.2, -0.15) is 5.11 Å². The molecule has 1 heterocycles. The highest BCUT2D eigenvalue weighted by atomic mass is 16.5. The van der Waals surface area contributed by atoms with Gasteiger partial charge in [0, 0.05) is 0 Å². The number of hydrogen-bond acceptors (Lipinski definition) is 4. The molecular weight excluding hydrogens is 286 g/mol. The normalized spacial score (nSPS) is 11.6. The lowest BCUT2D eigenvalue weighted by molar-refractivity contribution is 0.408. The fourth-order valence-electron chi connectivity index (χ4n) is 2.07. The third-order valence-corrected chi connectivity index (χ3v) is 3.38. The van der Waals surface area contributed by atoms with E-state index in [9.17, 15) is 0 Å². The zero-order valence-electron chi connectivity index (χ0n) is 13.1. The first-order chi connectivity index (χ1) is 11.2. The van der Waals surface area contributed by atoms with Crippen LogP contribution < -0.4 is 0 Å². The van der Waals surface area contributed by atoms with E-state index in [1.807, 2.05) is 80.6 Å². The van der Waals surface area contributed by atoms with Crippen LogP contribution in [0.4, 0.5) is 11.4 Å². The van der Waals surface area contributed by atoms with Crippen LogP contribution in [0.5, 0.6) is 0 Å². The van der Waals surface area contributed by atoms with Crippen LogP contribution in [-0.2, 0) is 0 Å². The highest BCUT2D eigenvalue weighted by Crippen LogP contribution is 2.27. The van der Waals surface area contributed by atoms with Crippen LogP contribution in [0.1, 0.15) is 22.6 Å². The maximum atomic E-state index is 5.33. The second-order valence-electron chi connectivity index (χ2n) is 5.26. The van der Waals surface area contributed by atoms with E-state index in [0.29, 0.717) is 17.1 Å². The van der Waals surface area contributed by atoms with E-state index < -0.39 is 0 Å². The third-order valence-electron chi connectivity index (χ3n) is 3.38. The monoisotopic (exact) mass is 303 g/mol. The minimum Gasteiger partial charge on any atom is -0.354 e. The van der Waals surface area contributed by atoms with Crippen molar-refractivity contribution in [3.8, 4) is 0 Å². The summed E-state index contributed by atoms with van der Waals surface area (Å²) in [5.74, 6) is 0.599. The van der Waals surface area contributed by atoms with Crippen molar-refractivity contribution in [3.63, 3.8) is 0 Å². The molecule has 0 radical (unpaired) electrons. The van der Waals surface area contributed by atoms with Gasteiger partial charge in [0.2, 0.25) is 0 Å². The first-order valence-corrected chi connectivity index (χ1v) is 7.40. The molecule has 114 valence electrons. The molecule has 0 aliphatic carbocycles. The van der Waals surface area contributed by atoms with Crippen molar-refractivity contribution in [2.24, 2.45) is 10.2 Å². The predicted molar refractivity (Wildman–Crippen MR) is 92.0 cm³/mol. The van der Waals surface area contributed by atoms with Crippen LogP contribution in [0.15, 0.2) is 69.3 Å². The molecule has 4 heteroatoms. The summed E-state index contributed by atoms with van der Waals surface area (Å²) in [5.41, 5.74) is 4.44. The molecule has 0 bridgehead atoms. The molecule has 0 spiro atoms. The smallest absolute Gasteiger partial charge is 0.187 e. The fourth-order valence-corrected chi connectivity index (χ4v) is 2.07. The van der Waals surface area contributed by atoms with Crippen LogP contribution in [0.2, 0.25) is 0 Å². The summed E-state index contributed by atoms with van der Waals surface area (Å²) in [5, 5.41) is 12.5. The van der Waals surface area contributed by atoms with Crippen molar-refractivity contribution in [1.82, 2.24) is 5.16 Å². The lowest BCUT2D eigenvalue weighted by Crippen LogP contribution is -1.72. The fraction of sp³-hybridized carbons (Fsp3) is 0.105. The SMILES string of the molecule is Cc1ccc(N=Nc2c(C)noc2C=Cc2ccccc2)cc1. The van der Waals surface area contributed by atoms with Crippen molar-refractivity contribution in [2.45, 2.75) is 13.8 Å². The molecule has 0 N–H and O–H groups in total. The molecule has 0 unspecified atom stereocenters. The summed E-state index contributed by atoms with van der Waals surface area (Å²) in [6, 6.07) is 17.9. The third kappa shape index (κ3) is 3.80. The van der Waals surface area contributed by atoms with Crippen molar-refractivity contribution >= 4 is 23.5 Å². The molecule has 0 aliphatic rings. The van der Waals surface area contributed by atoms with Gasteiger partial charge in [-0.15, -0.1) is 5.11 Å². The van der Waals surface area contributed by atoms with Gasteiger partial charge >= 0.3 is 0 Å². The van der Waals surface area contributed by atoms with Gasteiger partial charge in [0.15, 0.2) is 11.4 Å². The van der Waals surface area contributed by atoms with Crippen molar-refractivity contribution in [3.05, 3.63) is 77.2 Å². The predicted octanol–water partition coefficient (Wildman–Crippen LogP) is 5.88. The number of azo groups is 1. The Morgan fingerprint density at radius 1 is 0.870 bits per heavy atom. The summed E-state index contributed by atoms with van der Waals surface area (Å²) in [7, 11) is 0. The minimum absolute atomic E-state index is 0.599. The number of rotatable bonds is 4. The van der Waals surface area contributed by atoms with E-state index in [1.165, 1.54) is 5.56 Å².